The average Bonchev–Trinajstić information content (AvgIpc) is 2.81. The van der Waals surface area contributed by atoms with Crippen molar-refractivity contribution in [2.24, 2.45) is 0 Å². The van der Waals surface area contributed by atoms with Crippen LogP contribution in [-0.2, 0) is 0 Å². The fourth-order valence-corrected chi connectivity index (χ4v) is 2.36. The van der Waals surface area contributed by atoms with Gasteiger partial charge in [0, 0.05) is 13.1 Å². The summed E-state index contributed by atoms with van der Waals surface area (Å²) in [4.78, 5) is 6.59. The lowest BCUT2D eigenvalue weighted by atomic mass is 10.2. The molecule has 1 fully saturated rings. The standard InChI is InChI=1S/C13H20N2O/c1-10(16)13-8-7-12(9-14-13)15(2)11-5-3-4-6-11/h7-11,16H,3-6H2,1-2H3. The highest BCUT2D eigenvalue weighted by Gasteiger charge is 2.19. The highest BCUT2D eigenvalue weighted by Crippen LogP contribution is 2.26. The van der Waals surface area contributed by atoms with Crippen molar-refractivity contribution >= 4 is 5.69 Å². The monoisotopic (exact) mass is 220 g/mol. The molecule has 1 aliphatic carbocycles. The van der Waals surface area contributed by atoms with Gasteiger partial charge in [-0.15, -0.1) is 0 Å². The normalized spacial score (nSPS) is 18.7. The zero-order valence-electron chi connectivity index (χ0n) is 10.1. The first-order valence-electron chi connectivity index (χ1n) is 6.05. The molecule has 1 aliphatic rings. The molecule has 16 heavy (non-hydrogen) atoms. The van der Waals surface area contributed by atoms with E-state index in [0.717, 1.165) is 11.4 Å². The molecule has 88 valence electrons. The SMILES string of the molecule is CC(O)c1ccc(N(C)C2CCCC2)cn1. The maximum Gasteiger partial charge on any atom is 0.0931 e. The first-order valence-corrected chi connectivity index (χ1v) is 6.05. The largest absolute Gasteiger partial charge is 0.387 e. The molecule has 1 unspecified atom stereocenters. The molecular weight excluding hydrogens is 200 g/mol. The van der Waals surface area contributed by atoms with Gasteiger partial charge in [-0.1, -0.05) is 12.8 Å². The third-order valence-corrected chi connectivity index (χ3v) is 3.48. The number of aromatic nitrogens is 1. The zero-order chi connectivity index (χ0) is 11.5. The van der Waals surface area contributed by atoms with Crippen LogP contribution in [0.3, 0.4) is 0 Å². The fourth-order valence-electron chi connectivity index (χ4n) is 2.36. The number of aliphatic hydroxyl groups excluding tert-OH is 1. The Morgan fingerprint density at radius 1 is 1.38 bits per heavy atom. The molecule has 0 aliphatic heterocycles. The summed E-state index contributed by atoms with van der Waals surface area (Å²) in [5.41, 5.74) is 1.89. The minimum Gasteiger partial charge on any atom is -0.387 e. The molecule has 0 radical (unpaired) electrons. The van der Waals surface area contributed by atoms with Crippen molar-refractivity contribution < 1.29 is 5.11 Å². The van der Waals surface area contributed by atoms with Gasteiger partial charge in [-0.05, 0) is 31.9 Å². The molecule has 1 atom stereocenters. The summed E-state index contributed by atoms with van der Waals surface area (Å²) in [5.74, 6) is 0. The summed E-state index contributed by atoms with van der Waals surface area (Å²) < 4.78 is 0. The maximum atomic E-state index is 9.39. The quantitative estimate of drug-likeness (QED) is 0.850. The molecule has 3 heteroatoms. The number of pyridine rings is 1. The predicted octanol–water partition coefficient (Wildman–Crippen LogP) is 2.51. The average molecular weight is 220 g/mol. The molecule has 0 aromatic carbocycles. The fraction of sp³-hybridized carbons (Fsp3) is 0.615. The zero-order valence-corrected chi connectivity index (χ0v) is 10.1. The molecule has 2 rings (SSSR count). The Balaban J connectivity index is 2.08. The minimum absolute atomic E-state index is 0.481. The van der Waals surface area contributed by atoms with E-state index < -0.39 is 6.10 Å². The van der Waals surface area contributed by atoms with Gasteiger partial charge in [0.25, 0.3) is 0 Å². The number of nitrogens with zero attached hydrogens (tertiary/aromatic N) is 2. The molecule has 0 spiro atoms. The summed E-state index contributed by atoms with van der Waals surface area (Å²) in [6.45, 7) is 1.74. The predicted molar refractivity (Wildman–Crippen MR) is 65.5 cm³/mol. The van der Waals surface area contributed by atoms with Crippen molar-refractivity contribution in [3.8, 4) is 0 Å². The lowest BCUT2D eigenvalue weighted by Crippen LogP contribution is -2.28. The van der Waals surface area contributed by atoms with E-state index in [4.69, 9.17) is 0 Å². The second-order valence-electron chi connectivity index (χ2n) is 4.67. The van der Waals surface area contributed by atoms with Crippen molar-refractivity contribution in [1.29, 1.82) is 0 Å². The van der Waals surface area contributed by atoms with Crippen LogP contribution in [0.1, 0.15) is 44.4 Å². The van der Waals surface area contributed by atoms with Crippen LogP contribution < -0.4 is 4.90 Å². The Hall–Kier alpha value is -1.09. The maximum absolute atomic E-state index is 9.39. The van der Waals surface area contributed by atoms with E-state index in [-0.39, 0.29) is 0 Å². The summed E-state index contributed by atoms with van der Waals surface area (Å²) >= 11 is 0. The molecule has 1 aromatic heterocycles. The van der Waals surface area contributed by atoms with E-state index >= 15 is 0 Å². The third-order valence-electron chi connectivity index (χ3n) is 3.48. The second-order valence-corrected chi connectivity index (χ2v) is 4.67. The van der Waals surface area contributed by atoms with Crippen molar-refractivity contribution in [3.05, 3.63) is 24.0 Å². The van der Waals surface area contributed by atoms with Crippen LogP contribution in [0.25, 0.3) is 0 Å². The molecule has 0 bridgehead atoms. The van der Waals surface area contributed by atoms with Gasteiger partial charge in [0.05, 0.1) is 23.7 Å². The Morgan fingerprint density at radius 2 is 2.06 bits per heavy atom. The lowest BCUT2D eigenvalue weighted by molar-refractivity contribution is 0.194. The van der Waals surface area contributed by atoms with E-state index in [1.807, 2.05) is 18.3 Å². The van der Waals surface area contributed by atoms with Crippen molar-refractivity contribution in [1.82, 2.24) is 4.98 Å². The number of hydrogen-bond acceptors (Lipinski definition) is 3. The van der Waals surface area contributed by atoms with Crippen LogP contribution >= 0.6 is 0 Å². The van der Waals surface area contributed by atoms with E-state index in [1.54, 1.807) is 6.92 Å². The third kappa shape index (κ3) is 2.35. The Bertz CT molecular complexity index is 328. The van der Waals surface area contributed by atoms with Gasteiger partial charge in [0.2, 0.25) is 0 Å². The Morgan fingerprint density at radius 3 is 2.56 bits per heavy atom. The number of hydrogen-bond donors (Lipinski definition) is 1. The van der Waals surface area contributed by atoms with Gasteiger partial charge in [-0.2, -0.15) is 0 Å². The lowest BCUT2D eigenvalue weighted by Gasteiger charge is -2.26. The molecule has 1 heterocycles. The molecule has 1 saturated carbocycles. The molecule has 0 saturated heterocycles. The number of rotatable bonds is 3. The molecule has 0 amide bonds. The topological polar surface area (TPSA) is 36.4 Å². The van der Waals surface area contributed by atoms with Gasteiger partial charge in [0.15, 0.2) is 0 Å². The van der Waals surface area contributed by atoms with Crippen LogP contribution in [0.2, 0.25) is 0 Å². The molecule has 1 aromatic rings. The van der Waals surface area contributed by atoms with Gasteiger partial charge in [-0.25, -0.2) is 0 Å². The van der Waals surface area contributed by atoms with Crippen LogP contribution in [0.15, 0.2) is 18.3 Å². The highest BCUT2D eigenvalue weighted by molar-refractivity contribution is 5.45. The van der Waals surface area contributed by atoms with Gasteiger partial charge in [-0.3, -0.25) is 4.98 Å². The van der Waals surface area contributed by atoms with E-state index in [2.05, 4.69) is 16.9 Å². The van der Waals surface area contributed by atoms with Crippen molar-refractivity contribution in [3.63, 3.8) is 0 Å². The van der Waals surface area contributed by atoms with Gasteiger partial charge < -0.3 is 10.0 Å². The number of anilines is 1. The number of aliphatic hydroxyl groups is 1. The Labute approximate surface area is 97.1 Å². The first kappa shape index (κ1) is 11.4. The van der Waals surface area contributed by atoms with Crippen LogP contribution in [-0.4, -0.2) is 23.2 Å². The van der Waals surface area contributed by atoms with Crippen molar-refractivity contribution in [2.75, 3.05) is 11.9 Å². The Kier molecular flexibility index (Phi) is 3.44. The van der Waals surface area contributed by atoms with Crippen LogP contribution in [0.4, 0.5) is 5.69 Å². The van der Waals surface area contributed by atoms with E-state index in [9.17, 15) is 5.11 Å². The summed E-state index contributed by atoms with van der Waals surface area (Å²) in [6.07, 6.45) is 6.64. The smallest absolute Gasteiger partial charge is 0.0931 e. The first-order chi connectivity index (χ1) is 7.68. The summed E-state index contributed by atoms with van der Waals surface area (Å²) in [6, 6.07) is 4.62. The minimum atomic E-state index is -0.481. The van der Waals surface area contributed by atoms with Crippen molar-refractivity contribution in [2.45, 2.75) is 44.8 Å². The summed E-state index contributed by atoms with van der Waals surface area (Å²) in [5, 5.41) is 9.39. The second kappa shape index (κ2) is 4.83. The highest BCUT2D eigenvalue weighted by atomic mass is 16.3. The van der Waals surface area contributed by atoms with Gasteiger partial charge >= 0.3 is 0 Å². The van der Waals surface area contributed by atoms with E-state index in [1.165, 1.54) is 25.7 Å². The summed E-state index contributed by atoms with van der Waals surface area (Å²) in [7, 11) is 2.13. The molecule has 3 nitrogen and oxygen atoms in total. The van der Waals surface area contributed by atoms with E-state index in [0.29, 0.717) is 6.04 Å². The molecule has 1 N–H and O–H groups in total. The van der Waals surface area contributed by atoms with Gasteiger partial charge in [0.1, 0.15) is 0 Å². The van der Waals surface area contributed by atoms with Crippen LogP contribution in [0.5, 0.6) is 0 Å². The molecular formula is C13H20N2O. The van der Waals surface area contributed by atoms with Crippen LogP contribution in [0, 0.1) is 0 Å².